The number of hydrogen-bond acceptors (Lipinski definition) is 3. The topological polar surface area (TPSA) is 56.7 Å². The third-order valence-electron chi connectivity index (χ3n) is 2.54. The highest BCUT2D eigenvalue weighted by Gasteiger charge is 2.23. The second-order valence-corrected chi connectivity index (χ2v) is 5.36. The summed E-state index contributed by atoms with van der Waals surface area (Å²) in [5.41, 5.74) is -0.976. The molecule has 3 N–H and O–H groups in total. The maximum atomic E-state index is 12.1. The van der Waals surface area contributed by atoms with Gasteiger partial charge in [0.15, 0.2) is 5.96 Å². The maximum Gasteiger partial charge on any atom is 0.191 e. The van der Waals surface area contributed by atoms with Crippen molar-refractivity contribution in [3.8, 4) is 0 Å². The summed E-state index contributed by atoms with van der Waals surface area (Å²) in [6, 6.07) is 3.80. The first kappa shape index (κ1) is 15.9. The van der Waals surface area contributed by atoms with E-state index in [4.69, 9.17) is 0 Å². The normalized spacial score (nSPS) is 15.1. The fourth-order valence-corrected chi connectivity index (χ4v) is 2.29. The number of nitrogens with zero attached hydrogens (tertiary/aromatic N) is 1. The third kappa shape index (κ3) is 5.57. The number of halogens is 1. The first-order chi connectivity index (χ1) is 9.10. The Morgan fingerprint density at radius 3 is 2.89 bits per heavy atom. The van der Waals surface area contributed by atoms with Gasteiger partial charge in [-0.2, -0.15) is 0 Å². The predicted molar refractivity (Wildman–Crippen MR) is 78.5 cm³/mol. The summed E-state index contributed by atoms with van der Waals surface area (Å²) in [4.78, 5) is 5.23. The van der Waals surface area contributed by atoms with E-state index >= 15 is 0 Å². The molecule has 0 radical (unpaired) electrons. The van der Waals surface area contributed by atoms with Crippen molar-refractivity contribution < 1.29 is 9.50 Å². The van der Waals surface area contributed by atoms with Crippen LogP contribution in [-0.2, 0) is 5.60 Å². The van der Waals surface area contributed by atoms with E-state index in [1.165, 1.54) is 11.3 Å². The van der Waals surface area contributed by atoms with Crippen LogP contribution in [0.4, 0.5) is 4.39 Å². The summed E-state index contributed by atoms with van der Waals surface area (Å²) < 4.78 is 12.1. The highest BCUT2D eigenvalue weighted by molar-refractivity contribution is 7.10. The molecule has 0 amide bonds. The molecule has 1 aromatic heterocycles. The molecular formula is C13H22FN3OS. The highest BCUT2D eigenvalue weighted by Crippen LogP contribution is 2.25. The quantitative estimate of drug-likeness (QED) is 0.408. The fourth-order valence-electron chi connectivity index (χ4n) is 1.51. The van der Waals surface area contributed by atoms with E-state index in [9.17, 15) is 9.50 Å². The molecule has 0 saturated carbocycles. The van der Waals surface area contributed by atoms with Gasteiger partial charge in [-0.05, 0) is 31.7 Å². The smallest absolute Gasteiger partial charge is 0.191 e. The molecule has 4 nitrogen and oxygen atoms in total. The van der Waals surface area contributed by atoms with Gasteiger partial charge in [0.25, 0.3) is 0 Å². The monoisotopic (exact) mass is 287 g/mol. The van der Waals surface area contributed by atoms with Crippen LogP contribution < -0.4 is 10.6 Å². The molecule has 108 valence electrons. The largest absolute Gasteiger partial charge is 0.383 e. The first-order valence-electron chi connectivity index (χ1n) is 6.44. The molecule has 1 unspecified atom stereocenters. The van der Waals surface area contributed by atoms with E-state index < -0.39 is 5.60 Å². The molecule has 0 spiro atoms. The molecule has 6 heteroatoms. The van der Waals surface area contributed by atoms with Crippen LogP contribution in [0.25, 0.3) is 0 Å². The van der Waals surface area contributed by atoms with Crippen molar-refractivity contribution in [3.63, 3.8) is 0 Å². The Kier molecular flexibility index (Phi) is 6.80. The van der Waals surface area contributed by atoms with Crippen LogP contribution in [0.2, 0.25) is 0 Å². The Labute approximate surface area is 117 Å². The van der Waals surface area contributed by atoms with E-state index in [1.54, 1.807) is 6.92 Å². The molecule has 0 aliphatic heterocycles. The lowest BCUT2D eigenvalue weighted by atomic mass is 10.1. The van der Waals surface area contributed by atoms with Gasteiger partial charge in [-0.25, -0.2) is 4.99 Å². The number of hydrogen-bond donors (Lipinski definition) is 3. The van der Waals surface area contributed by atoms with Crippen molar-refractivity contribution in [2.75, 3.05) is 26.3 Å². The number of alkyl halides is 1. The van der Waals surface area contributed by atoms with Crippen molar-refractivity contribution in [3.05, 3.63) is 22.4 Å². The molecule has 0 aliphatic carbocycles. The van der Waals surface area contributed by atoms with E-state index in [0.717, 1.165) is 11.4 Å². The number of aliphatic hydroxyl groups is 1. The van der Waals surface area contributed by atoms with Crippen molar-refractivity contribution in [2.24, 2.45) is 4.99 Å². The van der Waals surface area contributed by atoms with Crippen LogP contribution in [-0.4, -0.2) is 37.4 Å². The Hall–Kier alpha value is -1.14. The van der Waals surface area contributed by atoms with E-state index in [2.05, 4.69) is 15.6 Å². The zero-order valence-corrected chi connectivity index (χ0v) is 12.3. The zero-order valence-electron chi connectivity index (χ0n) is 11.4. The fraction of sp³-hybridized carbons (Fsp3) is 0.615. The van der Waals surface area contributed by atoms with Gasteiger partial charge in [0.1, 0.15) is 5.60 Å². The van der Waals surface area contributed by atoms with Crippen LogP contribution in [0, 0.1) is 0 Å². The minimum absolute atomic E-state index is 0.262. The molecule has 1 rings (SSSR count). The molecule has 19 heavy (non-hydrogen) atoms. The average molecular weight is 287 g/mol. The van der Waals surface area contributed by atoms with Crippen LogP contribution in [0.3, 0.4) is 0 Å². The highest BCUT2D eigenvalue weighted by atomic mass is 32.1. The molecule has 0 aliphatic rings. The molecule has 0 aromatic carbocycles. The van der Waals surface area contributed by atoms with Gasteiger partial charge in [0, 0.05) is 18.0 Å². The van der Waals surface area contributed by atoms with Gasteiger partial charge < -0.3 is 15.7 Å². The number of guanidine groups is 1. The summed E-state index contributed by atoms with van der Waals surface area (Å²) in [6.45, 7) is 4.88. The number of aliphatic imine (C=N–C) groups is 1. The SMILES string of the molecule is CCNC(=NCC(C)(O)c1cccs1)NCCCF. The van der Waals surface area contributed by atoms with E-state index in [-0.39, 0.29) is 13.2 Å². The molecule has 1 heterocycles. The van der Waals surface area contributed by atoms with Crippen LogP contribution in [0.15, 0.2) is 22.5 Å². The van der Waals surface area contributed by atoms with Gasteiger partial charge in [-0.3, -0.25) is 4.39 Å². The molecular weight excluding hydrogens is 265 g/mol. The molecule has 1 atom stereocenters. The van der Waals surface area contributed by atoms with Crippen molar-refractivity contribution >= 4 is 17.3 Å². The summed E-state index contributed by atoms with van der Waals surface area (Å²) in [7, 11) is 0. The molecule has 0 saturated heterocycles. The Balaban J connectivity index is 2.58. The lowest BCUT2D eigenvalue weighted by Gasteiger charge is -2.20. The minimum atomic E-state index is -0.976. The zero-order chi connectivity index (χ0) is 14.1. The third-order valence-corrected chi connectivity index (χ3v) is 3.67. The van der Waals surface area contributed by atoms with Gasteiger partial charge in [0.05, 0.1) is 13.2 Å². The van der Waals surface area contributed by atoms with Crippen LogP contribution >= 0.6 is 11.3 Å². The van der Waals surface area contributed by atoms with E-state index in [1.807, 2.05) is 24.4 Å². The van der Waals surface area contributed by atoms with Crippen molar-refractivity contribution in [2.45, 2.75) is 25.9 Å². The number of thiophene rings is 1. The second kappa shape index (κ2) is 8.12. The first-order valence-corrected chi connectivity index (χ1v) is 7.32. The van der Waals surface area contributed by atoms with Crippen LogP contribution in [0.1, 0.15) is 25.1 Å². The summed E-state index contributed by atoms with van der Waals surface area (Å²) >= 11 is 1.51. The Morgan fingerprint density at radius 2 is 2.32 bits per heavy atom. The summed E-state index contributed by atoms with van der Waals surface area (Å²) in [5.74, 6) is 0.604. The summed E-state index contributed by atoms with van der Waals surface area (Å²) in [5, 5.41) is 18.4. The maximum absolute atomic E-state index is 12.1. The van der Waals surface area contributed by atoms with E-state index in [0.29, 0.717) is 18.9 Å². The number of rotatable bonds is 7. The molecule has 0 bridgehead atoms. The van der Waals surface area contributed by atoms with Gasteiger partial charge in [-0.15, -0.1) is 11.3 Å². The lowest BCUT2D eigenvalue weighted by molar-refractivity contribution is 0.0711. The van der Waals surface area contributed by atoms with Gasteiger partial charge in [-0.1, -0.05) is 6.07 Å². The standard InChI is InChI=1S/C13H22FN3OS/c1-3-15-12(16-8-5-7-14)17-10-13(2,18)11-6-4-9-19-11/h4,6,9,18H,3,5,7-8,10H2,1-2H3,(H2,15,16,17). The molecule has 0 fully saturated rings. The minimum Gasteiger partial charge on any atom is -0.383 e. The summed E-state index contributed by atoms with van der Waals surface area (Å²) in [6.07, 6.45) is 0.450. The van der Waals surface area contributed by atoms with Crippen molar-refractivity contribution in [1.82, 2.24) is 10.6 Å². The number of nitrogens with one attached hydrogen (secondary N) is 2. The molecule has 1 aromatic rings. The van der Waals surface area contributed by atoms with Gasteiger partial charge in [0.2, 0.25) is 0 Å². The lowest BCUT2D eigenvalue weighted by Crippen LogP contribution is -2.39. The predicted octanol–water partition coefficient (Wildman–Crippen LogP) is 1.87. The average Bonchev–Trinajstić information content (AvgIpc) is 2.91. The Bertz CT molecular complexity index is 379. The van der Waals surface area contributed by atoms with Crippen LogP contribution in [0.5, 0.6) is 0 Å². The second-order valence-electron chi connectivity index (χ2n) is 4.42. The van der Waals surface area contributed by atoms with Gasteiger partial charge >= 0.3 is 0 Å². The van der Waals surface area contributed by atoms with Crippen molar-refractivity contribution in [1.29, 1.82) is 0 Å². The Morgan fingerprint density at radius 1 is 1.53 bits per heavy atom.